The van der Waals surface area contributed by atoms with E-state index in [-0.39, 0.29) is 6.04 Å². The van der Waals surface area contributed by atoms with Crippen molar-refractivity contribution in [1.82, 2.24) is 5.32 Å². The summed E-state index contributed by atoms with van der Waals surface area (Å²) in [7, 11) is 3.12. The number of carboxylic acid groups (broad SMARTS) is 1. The minimum absolute atomic E-state index is 0.0284. The second kappa shape index (κ2) is 6.61. The fourth-order valence-electron chi connectivity index (χ4n) is 2.76. The molecule has 5 nitrogen and oxygen atoms in total. The van der Waals surface area contributed by atoms with Gasteiger partial charge in [0.05, 0.1) is 20.1 Å². The van der Waals surface area contributed by atoms with Crippen LogP contribution in [0.5, 0.6) is 11.5 Å². The van der Waals surface area contributed by atoms with E-state index < -0.39 is 11.9 Å². The molecule has 1 heterocycles. The lowest BCUT2D eigenvalue weighted by Crippen LogP contribution is -2.41. The Hall–Kier alpha value is -1.75. The lowest BCUT2D eigenvalue weighted by molar-refractivity contribution is -0.139. The third kappa shape index (κ3) is 3.04. The zero-order chi connectivity index (χ0) is 14.5. The monoisotopic (exact) mass is 279 g/mol. The van der Waals surface area contributed by atoms with Gasteiger partial charge in [0, 0.05) is 6.04 Å². The quantitative estimate of drug-likeness (QED) is 0.863. The zero-order valence-corrected chi connectivity index (χ0v) is 11.9. The first kappa shape index (κ1) is 14.7. The van der Waals surface area contributed by atoms with Gasteiger partial charge in [-0.25, -0.2) is 0 Å². The molecule has 0 amide bonds. The molecule has 110 valence electrons. The Bertz CT molecular complexity index is 469. The van der Waals surface area contributed by atoms with Crippen molar-refractivity contribution in [1.29, 1.82) is 0 Å². The van der Waals surface area contributed by atoms with Gasteiger partial charge in [0.15, 0.2) is 11.5 Å². The Morgan fingerprint density at radius 1 is 1.30 bits per heavy atom. The van der Waals surface area contributed by atoms with Crippen molar-refractivity contribution in [2.45, 2.75) is 31.2 Å². The molecule has 0 radical (unpaired) electrons. The molecule has 2 N–H and O–H groups in total. The number of hydrogen-bond acceptors (Lipinski definition) is 4. The van der Waals surface area contributed by atoms with Crippen molar-refractivity contribution in [3.05, 3.63) is 23.8 Å². The third-order valence-electron chi connectivity index (χ3n) is 3.78. The Morgan fingerprint density at radius 2 is 2.05 bits per heavy atom. The second-order valence-electron chi connectivity index (χ2n) is 4.99. The lowest BCUT2D eigenvalue weighted by Gasteiger charge is -2.29. The molecule has 1 fully saturated rings. The molecule has 1 aromatic carbocycles. The van der Waals surface area contributed by atoms with Crippen LogP contribution < -0.4 is 14.8 Å². The Morgan fingerprint density at radius 3 is 2.60 bits per heavy atom. The lowest BCUT2D eigenvalue weighted by atomic mass is 9.86. The number of carbonyl (C=O) groups is 1. The van der Waals surface area contributed by atoms with E-state index in [0.29, 0.717) is 11.5 Å². The van der Waals surface area contributed by atoms with Crippen molar-refractivity contribution in [3.63, 3.8) is 0 Å². The summed E-state index contributed by atoms with van der Waals surface area (Å²) < 4.78 is 10.4. The Balaban J connectivity index is 2.31. The van der Waals surface area contributed by atoms with E-state index in [1.165, 1.54) is 0 Å². The van der Waals surface area contributed by atoms with Crippen LogP contribution in [0.4, 0.5) is 0 Å². The molecule has 2 unspecified atom stereocenters. The van der Waals surface area contributed by atoms with Crippen molar-refractivity contribution in [2.75, 3.05) is 20.8 Å². The van der Waals surface area contributed by atoms with Crippen molar-refractivity contribution in [3.8, 4) is 11.5 Å². The molecule has 0 saturated carbocycles. The topological polar surface area (TPSA) is 67.8 Å². The van der Waals surface area contributed by atoms with E-state index in [2.05, 4.69) is 5.32 Å². The fraction of sp³-hybridized carbons (Fsp3) is 0.533. The standard InChI is InChI=1S/C15H21NO4/c1-19-12-7-6-10(9-13(12)20-2)14(15(17)18)11-5-3-4-8-16-11/h6-7,9,11,14,16H,3-5,8H2,1-2H3,(H,17,18). The van der Waals surface area contributed by atoms with Gasteiger partial charge in [0.2, 0.25) is 0 Å². The summed E-state index contributed by atoms with van der Waals surface area (Å²) in [5.74, 6) is -0.198. The van der Waals surface area contributed by atoms with Gasteiger partial charge in [-0.2, -0.15) is 0 Å². The highest BCUT2D eigenvalue weighted by atomic mass is 16.5. The summed E-state index contributed by atoms with van der Waals surface area (Å²) in [5.41, 5.74) is 0.745. The summed E-state index contributed by atoms with van der Waals surface area (Å²) in [4.78, 5) is 11.6. The molecule has 1 aliphatic heterocycles. The molecule has 1 saturated heterocycles. The van der Waals surface area contributed by atoms with Crippen LogP contribution in [0.1, 0.15) is 30.7 Å². The van der Waals surface area contributed by atoms with E-state index >= 15 is 0 Å². The van der Waals surface area contributed by atoms with Crippen molar-refractivity contribution < 1.29 is 19.4 Å². The summed E-state index contributed by atoms with van der Waals surface area (Å²) in [6.45, 7) is 0.877. The van der Waals surface area contributed by atoms with Gasteiger partial charge in [-0.1, -0.05) is 12.5 Å². The number of hydrogen-bond donors (Lipinski definition) is 2. The molecule has 20 heavy (non-hydrogen) atoms. The molecule has 2 rings (SSSR count). The van der Waals surface area contributed by atoms with E-state index in [0.717, 1.165) is 31.4 Å². The van der Waals surface area contributed by atoms with Gasteiger partial charge in [0.1, 0.15) is 0 Å². The molecule has 0 spiro atoms. The van der Waals surface area contributed by atoms with E-state index in [1.807, 2.05) is 0 Å². The molecule has 1 aromatic rings. The molecule has 0 bridgehead atoms. The first-order valence-electron chi connectivity index (χ1n) is 6.85. The van der Waals surface area contributed by atoms with Gasteiger partial charge in [0.25, 0.3) is 0 Å². The number of aliphatic carboxylic acids is 1. The average Bonchev–Trinajstić information content (AvgIpc) is 2.48. The minimum Gasteiger partial charge on any atom is -0.493 e. The maximum Gasteiger partial charge on any atom is 0.312 e. The van der Waals surface area contributed by atoms with Crippen LogP contribution in [-0.4, -0.2) is 37.9 Å². The Kier molecular flexibility index (Phi) is 4.84. The van der Waals surface area contributed by atoms with E-state index in [9.17, 15) is 9.90 Å². The molecule has 1 aliphatic rings. The predicted molar refractivity (Wildman–Crippen MR) is 75.6 cm³/mol. The number of methoxy groups -OCH3 is 2. The molecular weight excluding hydrogens is 258 g/mol. The highest BCUT2D eigenvalue weighted by molar-refractivity contribution is 5.77. The number of rotatable bonds is 5. The number of nitrogens with one attached hydrogen (secondary N) is 1. The van der Waals surface area contributed by atoms with Crippen molar-refractivity contribution >= 4 is 5.97 Å². The van der Waals surface area contributed by atoms with Crippen molar-refractivity contribution in [2.24, 2.45) is 0 Å². The van der Waals surface area contributed by atoms with Crippen LogP contribution in [0.3, 0.4) is 0 Å². The van der Waals surface area contributed by atoms with Crippen LogP contribution in [0.2, 0.25) is 0 Å². The molecule has 0 aliphatic carbocycles. The maximum absolute atomic E-state index is 11.6. The largest absolute Gasteiger partial charge is 0.493 e. The van der Waals surface area contributed by atoms with Crippen LogP contribution in [-0.2, 0) is 4.79 Å². The number of carboxylic acids is 1. The van der Waals surface area contributed by atoms with Gasteiger partial charge in [-0.05, 0) is 37.1 Å². The number of benzene rings is 1. The van der Waals surface area contributed by atoms with Gasteiger partial charge in [-0.15, -0.1) is 0 Å². The minimum atomic E-state index is -0.809. The molecular formula is C15H21NO4. The maximum atomic E-state index is 11.6. The summed E-state index contributed by atoms with van der Waals surface area (Å²) in [5, 5.41) is 12.9. The number of piperidine rings is 1. The fourth-order valence-corrected chi connectivity index (χ4v) is 2.76. The van der Waals surface area contributed by atoms with Gasteiger partial charge < -0.3 is 19.9 Å². The highest BCUT2D eigenvalue weighted by Gasteiger charge is 2.31. The highest BCUT2D eigenvalue weighted by Crippen LogP contribution is 2.33. The zero-order valence-electron chi connectivity index (χ0n) is 11.9. The van der Waals surface area contributed by atoms with Crippen LogP contribution in [0, 0.1) is 0 Å². The SMILES string of the molecule is COc1ccc(C(C(=O)O)C2CCCCN2)cc1OC. The van der Waals surface area contributed by atoms with E-state index in [1.54, 1.807) is 32.4 Å². The smallest absolute Gasteiger partial charge is 0.312 e. The summed E-state index contributed by atoms with van der Waals surface area (Å²) >= 11 is 0. The molecule has 0 aromatic heterocycles. The normalized spacial score (nSPS) is 20.2. The van der Waals surface area contributed by atoms with Crippen LogP contribution in [0.15, 0.2) is 18.2 Å². The predicted octanol–water partition coefficient (Wildman–Crippen LogP) is 2.01. The summed E-state index contributed by atoms with van der Waals surface area (Å²) in [6, 6.07) is 5.29. The van der Waals surface area contributed by atoms with E-state index in [4.69, 9.17) is 9.47 Å². The number of ether oxygens (including phenoxy) is 2. The third-order valence-corrected chi connectivity index (χ3v) is 3.78. The van der Waals surface area contributed by atoms with Gasteiger partial charge >= 0.3 is 5.97 Å². The first-order valence-corrected chi connectivity index (χ1v) is 6.85. The first-order chi connectivity index (χ1) is 9.67. The Labute approximate surface area is 118 Å². The van der Waals surface area contributed by atoms with Crippen LogP contribution in [0.25, 0.3) is 0 Å². The van der Waals surface area contributed by atoms with Crippen LogP contribution >= 0.6 is 0 Å². The second-order valence-corrected chi connectivity index (χ2v) is 4.99. The molecule has 5 heteroatoms. The van der Waals surface area contributed by atoms with Gasteiger partial charge in [-0.3, -0.25) is 4.79 Å². The molecule has 2 atom stereocenters. The summed E-state index contributed by atoms with van der Waals surface area (Å²) in [6.07, 6.45) is 3.05. The average molecular weight is 279 g/mol.